The molecule has 3 aliphatic carbocycles. The number of halogens is 6. The Hall–Kier alpha value is -2.18. The first kappa shape index (κ1) is 33.2. The average Bonchev–Trinajstić information content (AvgIpc) is 3.01. The Morgan fingerprint density at radius 2 is 1.14 bits per heavy atom. The summed E-state index contributed by atoms with van der Waals surface area (Å²) in [6.45, 7) is 2.27. The molecule has 3 aliphatic rings. The molecule has 44 heavy (non-hydrogen) atoms. The van der Waals surface area contributed by atoms with Crippen LogP contribution >= 0.6 is 0 Å². The summed E-state index contributed by atoms with van der Waals surface area (Å²) in [5.74, 6) is 1.67. The van der Waals surface area contributed by atoms with Crippen molar-refractivity contribution in [1.82, 2.24) is 0 Å². The van der Waals surface area contributed by atoms with Crippen LogP contribution in [0.2, 0.25) is 0 Å². The van der Waals surface area contributed by atoms with E-state index in [1.165, 1.54) is 107 Å². The molecule has 5 rings (SSSR count). The predicted molar refractivity (Wildman–Crippen MR) is 163 cm³/mol. The molecule has 0 saturated heterocycles. The first-order valence-corrected chi connectivity index (χ1v) is 17.1. The maximum absolute atomic E-state index is 15.2. The van der Waals surface area contributed by atoms with E-state index in [1.807, 2.05) is 0 Å². The highest BCUT2D eigenvalue weighted by atomic mass is 19.4. The van der Waals surface area contributed by atoms with Gasteiger partial charge in [0, 0.05) is 0 Å². The summed E-state index contributed by atoms with van der Waals surface area (Å²) in [4.78, 5) is 0. The fourth-order valence-electron chi connectivity index (χ4n) is 8.53. The van der Waals surface area contributed by atoms with Gasteiger partial charge in [0.15, 0.2) is 0 Å². The molecule has 0 aliphatic heterocycles. The largest absolute Gasteiger partial charge is 0.432 e. The van der Waals surface area contributed by atoms with Crippen LogP contribution in [0.3, 0.4) is 0 Å². The predicted octanol–water partition coefficient (Wildman–Crippen LogP) is 12.5. The third-order valence-corrected chi connectivity index (χ3v) is 11.2. The van der Waals surface area contributed by atoms with Gasteiger partial charge in [-0.3, -0.25) is 0 Å². The Bertz CT molecular complexity index is 1170. The Labute approximate surface area is 259 Å². The Balaban J connectivity index is 1.05. The minimum absolute atomic E-state index is 0.0124. The van der Waals surface area contributed by atoms with Crippen molar-refractivity contribution in [2.24, 2.45) is 35.5 Å². The molecular formula is C37H48F6O. The summed E-state index contributed by atoms with van der Waals surface area (Å²) < 4.78 is 88.1. The van der Waals surface area contributed by atoms with Gasteiger partial charge < -0.3 is 4.74 Å². The molecule has 1 nitrogen and oxygen atoms in total. The molecule has 0 aromatic heterocycles. The Kier molecular flexibility index (Phi) is 10.9. The summed E-state index contributed by atoms with van der Waals surface area (Å²) in [6.07, 6.45) is 10.7. The van der Waals surface area contributed by atoms with Crippen molar-refractivity contribution in [2.45, 2.75) is 122 Å². The zero-order valence-corrected chi connectivity index (χ0v) is 26.0. The quantitative estimate of drug-likeness (QED) is 0.189. The lowest BCUT2D eigenvalue weighted by molar-refractivity contribution is -0.224. The van der Waals surface area contributed by atoms with Gasteiger partial charge in [0.2, 0.25) is 0 Å². The Morgan fingerprint density at radius 3 is 1.64 bits per heavy atom. The maximum atomic E-state index is 15.2. The second-order valence-corrected chi connectivity index (χ2v) is 13.9. The highest BCUT2D eigenvalue weighted by Crippen LogP contribution is 2.48. The van der Waals surface area contributed by atoms with Gasteiger partial charge >= 0.3 is 12.3 Å². The number of unbranched alkanes of at least 4 members (excludes halogenated alkanes) is 2. The van der Waals surface area contributed by atoms with Gasteiger partial charge in [-0.1, -0.05) is 63.6 Å². The van der Waals surface area contributed by atoms with Crippen LogP contribution in [0.4, 0.5) is 26.3 Å². The molecule has 0 unspecified atom stereocenters. The maximum Gasteiger partial charge on any atom is 0.419 e. The van der Waals surface area contributed by atoms with Gasteiger partial charge in [-0.2, -0.15) is 22.0 Å². The summed E-state index contributed by atoms with van der Waals surface area (Å²) in [6, 6.07) is 8.30. The van der Waals surface area contributed by atoms with Crippen molar-refractivity contribution >= 4 is 0 Å². The van der Waals surface area contributed by atoms with Crippen LogP contribution in [0.25, 0.3) is 11.1 Å². The molecule has 0 amide bonds. The van der Waals surface area contributed by atoms with Crippen molar-refractivity contribution in [3.63, 3.8) is 0 Å². The number of ether oxygens (including phenoxy) is 1. The summed E-state index contributed by atoms with van der Waals surface area (Å²) in [5.41, 5.74) is -0.696. The first-order valence-electron chi connectivity index (χ1n) is 17.1. The molecule has 3 saturated carbocycles. The molecule has 0 N–H and O–H groups in total. The summed E-state index contributed by atoms with van der Waals surface area (Å²) in [7, 11) is 0. The van der Waals surface area contributed by atoms with E-state index in [4.69, 9.17) is 4.74 Å². The van der Waals surface area contributed by atoms with Crippen molar-refractivity contribution in [1.29, 1.82) is 0 Å². The zero-order valence-electron chi connectivity index (χ0n) is 26.0. The lowest BCUT2D eigenvalue weighted by Crippen LogP contribution is -2.38. The van der Waals surface area contributed by atoms with Crippen molar-refractivity contribution in [2.75, 3.05) is 0 Å². The second kappa shape index (κ2) is 14.5. The molecule has 0 radical (unpaired) electrons. The highest BCUT2D eigenvalue weighted by molar-refractivity contribution is 5.64. The molecule has 2 aromatic rings. The molecule has 2 aromatic carbocycles. The van der Waals surface area contributed by atoms with Crippen LogP contribution in [-0.4, -0.2) is 6.11 Å². The molecule has 0 atom stereocenters. The lowest BCUT2D eigenvalue weighted by atomic mass is 9.65. The van der Waals surface area contributed by atoms with E-state index in [0.29, 0.717) is 36.3 Å². The van der Waals surface area contributed by atoms with Gasteiger partial charge in [-0.05, 0) is 129 Å². The number of hydrogen-bond acceptors (Lipinski definition) is 1. The fraction of sp³-hybridized carbons (Fsp3) is 0.676. The number of alkyl halides is 5. The van der Waals surface area contributed by atoms with Crippen LogP contribution in [0.1, 0.15) is 115 Å². The Morgan fingerprint density at radius 1 is 0.636 bits per heavy atom. The van der Waals surface area contributed by atoms with Gasteiger partial charge in [0.05, 0.1) is 11.5 Å². The van der Waals surface area contributed by atoms with Crippen molar-refractivity contribution in [3.05, 3.63) is 53.8 Å². The smallest absolute Gasteiger partial charge is 0.419 e. The second-order valence-electron chi connectivity index (χ2n) is 13.9. The van der Waals surface area contributed by atoms with Crippen LogP contribution < -0.4 is 4.74 Å². The van der Waals surface area contributed by atoms with E-state index in [9.17, 15) is 17.6 Å². The van der Waals surface area contributed by atoms with Gasteiger partial charge in [-0.15, -0.1) is 0 Å². The van der Waals surface area contributed by atoms with Crippen LogP contribution in [0, 0.1) is 41.3 Å². The molecule has 0 spiro atoms. The third kappa shape index (κ3) is 8.34. The third-order valence-electron chi connectivity index (χ3n) is 11.2. The van der Waals surface area contributed by atoms with E-state index in [-0.39, 0.29) is 11.3 Å². The molecule has 244 valence electrons. The van der Waals surface area contributed by atoms with Gasteiger partial charge in [0.1, 0.15) is 11.6 Å². The fourth-order valence-corrected chi connectivity index (χ4v) is 8.53. The van der Waals surface area contributed by atoms with E-state index in [0.717, 1.165) is 36.7 Å². The molecular weight excluding hydrogens is 574 g/mol. The monoisotopic (exact) mass is 622 g/mol. The summed E-state index contributed by atoms with van der Waals surface area (Å²) >= 11 is 0. The minimum atomic E-state index is -4.78. The van der Waals surface area contributed by atoms with E-state index in [2.05, 4.69) is 6.92 Å². The standard InChI is InChI=1S/C37H48F6O/c1-2-3-4-5-25-6-8-26(9-7-25)27-10-12-28(13-11-27)29-14-19-32(20-15-29)37(42,43)44-33-21-16-30(17-22-33)31-18-23-34(35(38)24-31)36(39,40)41/h16-18,21-29,32H,2-15,19-20H2,1H3. The molecule has 7 heteroatoms. The van der Waals surface area contributed by atoms with Crippen LogP contribution in [0.5, 0.6) is 5.75 Å². The van der Waals surface area contributed by atoms with Gasteiger partial charge in [-0.25, -0.2) is 4.39 Å². The first-order chi connectivity index (χ1) is 21.0. The van der Waals surface area contributed by atoms with E-state index >= 15 is 8.78 Å². The average molecular weight is 623 g/mol. The zero-order chi connectivity index (χ0) is 31.3. The normalized spacial score (nSPS) is 28.5. The van der Waals surface area contributed by atoms with E-state index in [1.54, 1.807) is 0 Å². The molecule has 0 bridgehead atoms. The lowest BCUT2D eigenvalue weighted by Gasteiger charge is -2.42. The molecule has 3 fully saturated rings. The number of hydrogen-bond donors (Lipinski definition) is 0. The van der Waals surface area contributed by atoms with Crippen LogP contribution in [-0.2, 0) is 6.18 Å². The van der Waals surface area contributed by atoms with Crippen LogP contribution in [0.15, 0.2) is 42.5 Å². The number of benzene rings is 2. The van der Waals surface area contributed by atoms with Gasteiger partial charge in [0.25, 0.3) is 0 Å². The highest BCUT2D eigenvalue weighted by Gasteiger charge is 2.45. The topological polar surface area (TPSA) is 9.23 Å². The summed E-state index contributed by atoms with van der Waals surface area (Å²) in [5, 5.41) is 0. The molecule has 0 heterocycles. The van der Waals surface area contributed by atoms with Crippen molar-refractivity contribution in [3.8, 4) is 16.9 Å². The van der Waals surface area contributed by atoms with E-state index < -0.39 is 29.6 Å². The SMILES string of the molecule is CCCCCC1CCC(C2CCC(C3CCC(C(F)(F)Oc4ccc(-c5ccc(C(F)(F)F)c(F)c5)cc4)CC3)CC2)CC1. The number of rotatable bonds is 10. The minimum Gasteiger partial charge on any atom is -0.432 e. The van der Waals surface area contributed by atoms with Crippen molar-refractivity contribution < 1.29 is 31.1 Å².